The van der Waals surface area contributed by atoms with Crippen LogP contribution in [0, 0.1) is 0 Å². The molecule has 3 rings (SSSR count). The molecule has 0 atom stereocenters. The SMILES string of the molecule is c1cc2c(cc1N1CCOCC1)CCCN2. The van der Waals surface area contributed by atoms with Gasteiger partial charge in [0.1, 0.15) is 0 Å². The van der Waals surface area contributed by atoms with Crippen LogP contribution in [0.1, 0.15) is 12.0 Å². The Kier molecular flexibility index (Phi) is 2.70. The van der Waals surface area contributed by atoms with Gasteiger partial charge in [0.05, 0.1) is 13.2 Å². The van der Waals surface area contributed by atoms with E-state index in [1.54, 1.807) is 0 Å². The molecule has 0 amide bonds. The van der Waals surface area contributed by atoms with Crippen molar-refractivity contribution in [3.8, 4) is 0 Å². The molecule has 86 valence electrons. The van der Waals surface area contributed by atoms with Crippen molar-refractivity contribution in [2.45, 2.75) is 12.8 Å². The van der Waals surface area contributed by atoms with Gasteiger partial charge in [-0.1, -0.05) is 0 Å². The maximum Gasteiger partial charge on any atom is 0.0642 e. The van der Waals surface area contributed by atoms with Crippen molar-refractivity contribution in [1.82, 2.24) is 0 Å². The predicted molar refractivity (Wildman–Crippen MR) is 66.3 cm³/mol. The number of morpholine rings is 1. The lowest BCUT2D eigenvalue weighted by atomic mass is 10.0. The standard InChI is InChI=1S/C13H18N2O/c1-2-11-10-12(3-4-13(11)14-5-1)15-6-8-16-9-7-15/h3-4,10,14H,1-2,5-9H2. The normalized spacial score (nSPS) is 20.1. The third-order valence-electron chi connectivity index (χ3n) is 3.40. The maximum absolute atomic E-state index is 5.38. The van der Waals surface area contributed by atoms with Gasteiger partial charge in [0.2, 0.25) is 0 Å². The summed E-state index contributed by atoms with van der Waals surface area (Å²) in [4.78, 5) is 2.42. The van der Waals surface area contributed by atoms with Crippen molar-refractivity contribution in [2.75, 3.05) is 43.1 Å². The molecule has 16 heavy (non-hydrogen) atoms. The Labute approximate surface area is 96.4 Å². The highest BCUT2D eigenvalue weighted by atomic mass is 16.5. The van der Waals surface area contributed by atoms with Crippen molar-refractivity contribution in [3.63, 3.8) is 0 Å². The smallest absolute Gasteiger partial charge is 0.0642 e. The number of benzene rings is 1. The maximum atomic E-state index is 5.38. The Morgan fingerprint density at radius 2 is 2.06 bits per heavy atom. The topological polar surface area (TPSA) is 24.5 Å². The molecule has 3 heteroatoms. The fourth-order valence-electron chi connectivity index (χ4n) is 2.48. The Morgan fingerprint density at radius 3 is 2.94 bits per heavy atom. The van der Waals surface area contributed by atoms with Crippen LogP contribution in [0.25, 0.3) is 0 Å². The van der Waals surface area contributed by atoms with Crippen LogP contribution in [-0.4, -0.2) is 32.8 Å². The van der Waals surface area contributed by atoms with Crippen LogP contribution in [0.2, 0.25) is 0 Å². The first-order chi connectivity index (χ1) is 7.93. The zero-order chi connectivity index (χ0) is 10.8. The molecule has 0 aromatic heterocycles. The van der Waals surface area contributed by atoms with E-state index in [1.165, 1.54) is 29.8 Å². The summed E-state index contributed by atoms with van der Waals surface area (Å²) >= 11 is 0. The summed E-state index contributed by atoms with van der Waals surface area (Å²) in [5, 5.41) is 3.45. The minimum Gasteiger partial charge on any atom is -0.385 e. The second-order valence-electron chi connectivity index (χ2n) is 4.47. The van der Waals surface area contributed by atoms with Crippen LogP contribution in [0.3, 0.4) is 0 Å². The van der Waals surface area contributed by atoms with Crippen molar-refractivity contribution < 1.29 is 4.74 Å². The molecule has 0 unspecified atom stereocenters. The van der Waals surface area contributed by atoms with Gasteiger partial charge in [0, 0.05) is 31.0 Å². The van der Waals surface area contributed by atoms with Crippen LogP contribution < -0.4 is 10.2 Å². The minimum absolute atomic E-state index is 0.856. The van der Waals surface area contributed by atoms with Crippen molar-refractivity contribution >= 4 is 11.4 Å². The quantitative estimate of drug-likeness (QED) is 0.779. The third-order valence-corrected chi connectivity index (χ3v) is 3.40. The molecular weight excluding hydrogens is 200 g/mol. The zero-order valence-corrected chi connectivity index (χ0v) is 9.54. The van der Waals surface area contributed by atoms with Gasteiger partial charge in [0.15, 0.2) is 0 Å². The zero-order valence-electron chi connectivity index (χ0n) is 9.54. The average Bonchev–Trinajstić information content (AvgIpc) is 2.39. The summed E-state index contributed by atoms with van der Waals surface area (Å²) in [6.45, 7) is 4.87. The average molecular weight is 218 g/mol. The molecule has 2 aliphatic rings. The Morgan fingerprint density at radius 1 is 1.19 bits per heavy atom. The first-order valence-electron chi connectivity index (χ1n) is 6.13. The molecule has 0 bridgehead atoms. The molecule has 1 saturated heterocycles. The highest BCUT2D eigenvalue weighted by molar-refractivity contribution is 5.61. The van der Waals surface area contributed by atoms with Crippen LogP contribution >= 0.6 is 0 Å². The van der Waals surface area contributed by atoms with E-state index in [0.29, 0.717) is 0 Å². The number of rotatable bonds is 1. The molecule has 1 fully saturated rings. The molecule has 1 aromatic rings. The molecule has 2 aliphatic heterocycles. The van der Waals surface area contributed by atoms with Crippen molar-refractivity contribution in [1.29, 1.82) is 0 Å². The molecule has 0 radical (unpaired) electrons. The molecule has 0 saturated carbocycles. The largest absolute Gasteiger partial charge is 0.385 e. The molecule has 1 N–H and O–H groups in total. The molecule has 0 aliphatic carbocycles. The number of aryl methyl sites for hydroxylation is 1. The van der Waals surface area contributed by atoms with Gasteiger partial charge in [-0.2, -0.15) is 0 Å². The molecule has 2 heterocycles. The summed E-state index contributed by atoms with van der Waals surface area (Å²) in [6, 6.07) is 6.79. The molecular formula is C13H18N2O. The van der Waals surface area contributed by atoms with E-state index >= 15 is 0 Å². The van der Waals surface area contributed by atoms with Gasteiger partial charge in [-0.15, -0.1) is 0 Å². The van der Waals surface area contributed by atoms with Crippen LogP contribution in [-0.2, 0) is 11.2 Å². The van der Waals surface area contributed by atoms with Gasteiger partial charge in [0.25, 0.3) is 0 Å². The first kappa shape index (κ1) is 9.97. The number of nitrogens with one attached hydrogen (secondary N) is 1. The lowest BCUT2D eigenvalue weighted by molar-refractivity contribution is 0.122. The van der Waals surface area contributed by atoms with E-state index < -0.39 is 0 Å². The molecule has 3 nitrogen and oxygen atoms in total. The number of anilines is 2. The van der Waals surface area contributed by atoms with Gasteiger partial charge >= 0.3 is 0 Å². The first-order valence-corrected chi connectivity index (χ1v) is 6.13. The van der Waals surface area contributed by atoms with Gasteiger partial charge in [-0.3, -0.25) is 0 Å². The van der Waals surface area contributed by atoms with Gasteiger partial charge < -0.3 is 15.0 Å². The summed E-state index contributed by atoms with van der Waals surface area (Å²) in [7, 11) is 0. The van der Waals surface area contributed by atoms with E-state index in [9.17, 15) is 0 Å². The van der Waals surface area contributed by atoms with E-state index in [-0.39, 0.29) is 0 Å². The second-order valence-corrected chi connectivity index (χ2v) is 4.47. The van der Waals surface area contributed by atoms with E-state index in [1.807, 2.05) is 0 Å². The van der Waals surface area contributed by atoms with Crippen LogP contribution in [0.15, 0.2) is 18.2 Å². The predicted octanol–water partition coefficient (Wildman–Crippen LogP) is 1.88. The van der Waals surface area contributed by atoms with E-state index in [2.05, 4.69) is 28.4 Å². The molecule has 0 spiro atoms. The monoisotopic (exact) mass is 218 g/mol. The number of fused-ring (bicyclic) bond motifs is 1. The minimum atomic E-state index is 0.856. The fourth-order valence-corrected chi connectivity index (χ4v) is 2.48. The van der Waals surface area contributed by atoms with Crippen LogP contribution in [0.4, 0.5) is 11.4 Å². The van der Waals surface area contributed by atoms with E-state index in [4.69, 9.17) is 4.74 Å². The van der Waals surface area contributed by atoms with E-state index in [0.717, 1.165) is 32.8 Å². The number of hydrogen-bond acceptors (Lipinski definition) is 3. The Hall–Kier alpha value is -1.22. The third kappa shape index (κ3) is 1.87. The fraction of sp³-hybridized carbons (Fsp3) is 0.538. The van der Waals surface area contributed by atoms with Crippen molar-refractivity contribution in [3.05, 3.63) is 23.8 Å². The molecule has 1 aromatic carbocycles. The number of ether oxygens (including phenoxy) is 1. The van der Waals surface area contributed by atoms with Gasteiger partial charge in [-0.25, -0.2) is 0 Å². The summed E-state index contributed by atoms with van der Waals surface area (Å²) in [6.07, 6.45) is 2.46. The van der Waals surface area contributed by atoms with Crippen molar-refractivity contribution in [2.24, 2.45) is 0 Å². The number of nitrogens with zero attached hydrogens (tertiary/aromatic N) is 1. The summed E-state index contributed by atoms with van der Waals surface area (Å²) in [5.41, 5.74) is 4.14. The Balaban J connectivity index is 1.84. The van der Waals surface area contributed by atoms with Crippen LogP contribution in [0.5, 0.6) is 0 Å². The summed E-state index contributed by atoms with van der Waals surface area (Å²) in [5.74, 6) is 0. The highest BCUT2D eigenvalue weighted by Gasteiger charge is 2.14. The lowest BCUT2D eigenvalue weighted by Crippen LogP contribution is -2.36. The highest BCUT2D eigenvalue weighted by Crippen LogP contribution is 2.27. The summed E-state index contributed by atoms with van der Waals surface area (Å²) < 4.78 is 5.38. The lowest BCUT2D eigenvalue weighted by Gasteiger charge is -2.30. The Bertz CT molecular complexity index is 372. The second kappa shape index (κ2) is 4.34. The van der Waals surface area contributed by atoms with Gasteiger partial charge in [-0.05, 0) is 36.6 Å². The number of hydrogen-bond donors (Lipinski definition) is 1.